The van der Waals surface area contributed by atoms with Gasteiger partial charge in [-0.25, -0.2) is 4.79 Å². The summed E-state index contributed by atoms with van der Waals surface area (Å²) < 4.78 is 14.7. The second-order valence-electron chi connectivity index (χ2n) is 2.77. The number of aromatic hydroxyl groups is 1. The molecular weight excluding hydrogens is 212 g/mol. The van der Waals surface area contributed by atoms with Gasteiger partial charge in [0, 0.05) is 6.08 Å². The van der Waals surface area contributed by atoms with Gasteiger partial charge < -0.3 is 19.3 Å². The van der Waals surface area contributed by atoms with Gasteiger partial charge in [-0.3, -0.25) is 0 Å². The van der Waals surface area contributed by atoms with Crippen molar-refractivity contribution in [3.8, 4) is 23.0 Å². The molecule has 1 N–H and O–H groups in total. The van der Waals surface area contributed by atoms with E-state index in [2.05, 4.69) is 6.58 Å². The molecule has 1 aromatic carbocycles. The van der Waals surface area contributed by atoms with Gasteiger partial charge in [0.25, 0.3) is 0 Å². The molecule has 0 aliphatic carbocycles. The first-order chi connectivity index (χ1) is 7.63. The van der Waals surface area contributed by atoms with E-state index in [-0.39, 0.29) is 23.0 Å². The van der Waals surface area contributed by atoms with Crippen LogP contribution in [-0.4, -0.2) is 25.3 Å². The number of carbonyl (C=O) groups excluding carboxylic acids is 1. The van der Waals surface area contributed by atoms with Crippen molar-refractivity contribution in [2.24, 2.45) is 0 Å². The topological polar surface area (TPSA) is 65.0 Å². The maximum atomic E-state index is 11.0. The third-order valence-electron chi connectivity index (χ3n) is 1.86. The number of phenols is 1. The summed E-state index contributed by atoms with van der Waals surface area (Å²) in [6, 6.07) is 2.92. The molecule has 0 aliphatic heterocycles. The Balaban J connectivity index is 3.15. The van der Waals surface area contributed by atoms with Crippen LogP contribution in [0.15, 0.2) is 24.8 Å². The third-order valence-corrected chi connectivity index (χ3v) is 1.86. The molecule has 0 unspecified atom stereocenters. The first-order valence-corrected chi connectivity index (χ1v) is 4.42. The van der Waals surface area contributed by atoms with Crippen molar-refractivity contribution >= 4 is 5.97 Å². The van der Waals surface area contributed by atoms with Crippen molar-refractivity contribution in [3.63, 3.8) is 0 Å². The molecule has 5 heteroatoms. The quantitative estimate of drug-likeness (QED) is 0.477. The molecule has 0 spiro atoms. The Morgan fingerprint density at radius 1 is 1.31 bits per heavy atom. The molecule has 86 valence electrons. The minimum absolute atomic E-state index is 0.0366. The summed E-state index contributed by atoms with van der Waals surface area (Å²) >= 11 is 0. The van der Waals surface area contributed by atoms with E-state index in [1.165, 1.54) is 26.4 Å². The zero-order valence-corrected chi connectivity index (χ0v) is 9.02. The molecule has 5 nitrogen and oxygen atoms in total. The van der Waals surface area contributed by atoms with E-state index in [9.17, 15) is 9.90 Å². The van der Waals surface area contributed by atoms with Crippen molar-refractivity contribution < 1.29 is 24.1 Å². The Morgan fingerprint density at radius 3 is 2.44 bits per heavy atom. The van der Waals surface area contributed by atoms with E-state index in [1.54, 1.807) is 0 Å². The number of carbonyl (C=O) groups is 1. The van der Waals surface area contributed by atoms with Gasteiger partial charge in [-0.1, -0.05) is 6.58 Å². The average molecular weight is 224 g/mol. The van der Waals surface area contributed by atoms with E-state index >= 15 is 0 Å². The number of hydrogen-bond donors (Lipinski definition) is 1. The monoisotopic (exact) mass is 224 g/mol. The molecule has 0 aromatic heterocycles. The minimum Gasteiger partial charge on any atom is -0.502 e. The van der Waals surface area contributed by atoms with Crippen LogP contribution in [0.1, 0.15) is 0 Å². The molecule has 0 saturated carbocycles. The fraction of sp³-hybridized carbons (Fsp3) is 0.182. The number of benzene rings is 1. The first-order valence-electron chi connectivity index (χ1n) is 4.42. The van der Waals surface area contributed by atoms with Crippen LogP contribution in [0.25, 0.3) is 0 Å². The number of hydrogen-bond acceptors (Lipinski definition) is 5. The number of methoxy groups -OCH3 is 2. The van der Waals surface area contributed by atoms with Crippen LogP contribution in [0.4, 0.5) is 0 Å². The van der Waals surface area contributed by atoms with Crippen LogP contribution < -0.4 is 14.2 Å². The normalized spacial score (nSPS) is 9.38. The summed E-state index contributed by atoms with van der Waals surface area (Å²) in [5.41, 5.74) is 0. The van der Waals surface area contributed by atoms with Crippen LogP contribution in [0.5, 0.6) is 23.0 Å². The zero-order valence-electron chi connectivity index (χ0n) is 9.02. The van der Waals surface area contributed by atoms with Crippen LogP contribution >= 0.6 is 0 Å². The highest BCUT2D eigenvalue weighted by atomic mass is 16.6. The van der Waals surface area contributed by atoms with Crippen LogP contribution in [0, 0.1) is 0 Å². The van der Waals surface area contributed by atoms with Gasteiger partial charge in [-0.2, -0.15) is 0 Å². The first kappa shape index (κ1) is 11.9. The number of ether oxygens (including phenoxy) is 3. The molecule has 0 amide bonds. The molecule has 0 atom stereocenters. The summed E-state index contributed by atoms with van der Waals surface area (Å²) in [6.45, 7) is 3.27. The summed E-state index contributed by atoms with van der Waals surface area (Å²) in [4.78, 5) is 11.0. The lowest BCUT2D eigenvalue weighted by atomic mass is 10.2. The summed E-state index contributed by atoms with van der Waals surface area (Å²) in [5.74, 6) is -0.488. The van der Waals surface area contributed by atoms with Crippen LogP contribution in [0.3, 0.4) is 0 Å². The molecule has 0 heterocycles. The summed E-state index contributed by atoms with van der Waals surface area (Å²) in [7, 11) is 2.75. The van der Waals surface area contributed by atoms with Crippen LogP contribution in [0.2, 0.25) is 0 Å². The molecule has 1 aromatic rings. The van der Waals surface area contributed by atoms with Gasteiger partial charge in [0.15, 0.2) is 11.5 Å². The van der Waals surface area contributed by atoms with E-state index in [1.807, 2.05) is 0 Å². The maximum absolute atomic E-state index is 11.0. The molecule has 0 fully saturated rings. The minimum atomic E-state index is -0.636. The lowest BCUT2D eigenvalue weighted by Gasteiger charge is -2.11. The number of esters is 1. The molecule has 0 bridgehead atoms. The zero-order chi connectivity index (χ0) is 12.1. The van der Waals surface area contributed by atoms with Crippen molar-refractivity contribution in [1.82, 2.24) is 0 Å². The van der Waals surface area contributed by atoms with Gasteiger partial charge in [0.2, 0.25) is 11.5 Å². The molecule has 16 heavy (non-hydrogen) atoms. The van der Waals surface area contributed by atoms with E-state index in [0.717, 1.165) is 6.08 Å². The number of phenolic OH excluding ortho intramolecular Hbond substituents is 1. The second kappa shape index (κ2) is 5.06. The Morgan fingerprint density at radius 2 is 1.94 bits per heavy atom. The predicted molar refractivity (Wildman–Crippen MR) is 57.0 cm³/mol. The Labute approximate surface area is 92.9 Å². The fourth-order valence-corrected chi connectivity index (χ4v) is 1.13. The van der Waals surface area contributed by atoms with Gasteiger partial charge in [-0.05, 0) is 12.1 Å². The lowest BCUT2D eigenvalue weighted by molar-refractivity contribution is -0.129. The Bertz CT molecular complexity index is 411. The second-order valence-corrected chi connectivity index (χ2v) is 2.77. The molecule has 0 radical (unpaired) electrons. The van der Waals surface area contributed by atoms with Crippen molar-refractivity contribution in [2.75, 3.05) is 14.2 Å². The van der Waals surface area contributed by atoms with Gasteiger partial charge >= 0.3 is 5.97 Å². The standard InChI is InChI=1S/C11H12O5/c1-4-9(12)16-8-6-5-7(14-2)10(13)11(8)15-3/h4-6,13H,1H2,2-3H3. The van der Waals surface area contributed by atoms with Crippen molar-refractivity contribution in [3.05, 3.63) is 24.8 Å². The van der Waals surface area contributed by atoms with Gasteiger partial charge in [0.1, 0.15) is 0 Å². The van der Waals surface area contributed by atoms with Gasteiger partial charge in [0.05, 0.1) is 14.2 Å². The smallest absolute Gasteiger partial charge is 0.335 e. The van der Waals surface area contributed by atoms with E-state index in [4.69, 9.17) is 14.2 Å². The van der Waals surface area contributed by atoms with Crippen molar-refractivity contribution in [1.29, 1.82) is 0 Å². The highest BCUT2D eigenvalue weighted by Crippen LogP contribution is 2.43. The van der Waals surface area contributed by atoms with Crippen molar-refractivity contribution in [2.45, 2.75) is 0 Å². The predicted octanol–water partition coefficient (Wildman–Crippen LogP) is 1.50. The average Bonchev–Trinajstić information content (AvgIpc) is 2.29. The van der Waals surface area contributed by atoms with E-state index in [0.29, 0.717) is 0 Å². The fourth-order valence-electron chi connectivity index (χ4n) is 1.13. The highest BCUT2D eigenvalue weighted by molar-refractivity contribution is 5.84. The van der Waals surface area contributed by atoms with Crippen LogP contribution in [-0.2, 0) is 4.79 Å². The SMILES string of the molecule is C=CC(=O)Oc1ccc(OC)c(O)c1OC. The molecule has 0 saturated heterocycles. The maximum Gasteiger partial charge on any atom is 0.335 e. The third kappa shape index (κ3) is 2.25. The Hall–Kier alpha value is -2.17. The molecule has 0 aliphatic rings. The number of rotatable bonds is 4. The molecule has 1 rings (SSSR count). The van der Waals surface area contributed by atoms with Gasteiger partial charge in [-0.15, -0.1) is 0 Å². The summed E-state index contributed by atoms with van der Waals surface area (Å²) in [6.07, 6.45) is 1.01. The summed E-state index contributed by atoms with van der Waals surface area (Å²) in [5, 5.41) is 9.69. The molecular formula is C11H12O5. The lowest BCUT2D eigenvalue weighted by Crippen LogP contribution is -2.04. The largest absolute Gasteiger partial charge is 0.502 e. The highest BCUT2D eigenvalue weighted by Gasteiger charge is 2.16. The van der Waals surface area contributed by atoms with E-state index < -0.39 is 5.97 Å². The Kier molecular flexibility index (Phi) is 3.77.